The molecule has 0 saturated heterocycles. The minimum atomic E-state index is -0.454. The second kappa shape index (κ2) is 7.39. The molecule has 2 atom stereocenters. The fourth-order valence-electron chi connectivity index (χ4n) is 2.82. The van der Waals surface area contributed by atoms with Crippen LogP contribution in [0.4, 0.5) is 0 Å². The fourth-order valence-corrected chi connectivity index (χ4v) is 2.82. The van der Waals surface area contributed by atoms with Gasteiger partial charge in [-0.05, 0) is 37.1 Å². The highest BCUT2D eigenvalue weighted by Crippen LogP contribution is 2.24. The van der Waals surface area contributed by atoms with Crippen LogP contribution in [-0.4, -0.2) is 23.1 Å². The van der Waals surface area contributed by atoms with Crippen molar-refractivity contribution in [3.63, 3.8) is 0 Å². The number of aliphatic hydroxyl groups is 1. The maximum atomic E-state index is 10.7. The van der Waals surface area contributed by atoms with Gasteiger partial charge in [0.2, 0.25) is 0 Å². The maximum Gasteiger partial charge on any atom is 0.0945 e. The Bertz CT molecular complexity index is 553. The molecule has 1 N–H and O–H groups in total. The van der Waals surface area contributed by atoms with Crippen LogP contribution in [0.3, 0.4) is 0 Å². The standard InChI is InChI=1S/C19H25NO/c1-4-18(19(21)16-11-6-5-7-12-16)20(3)14-17-13-9-8-10-15(17)2/h5-13,18-19,21H,4,14H2,1-3H3. The lowest BCUT2D eigenvalue weighted by Crippen LogP contribution is -2.36. The molecule has 0 radical (unpaired) electrons. The lowest BCUT2D eigenvalue weighted by atomic mass is 9.98. The third-order valence-electron chi connectivity index (χ3n) is 4.17. The van der Waals surface area contributed by atoms with Crippen molar-refractivity contribution in [3.8, 4) is 0 Å². The van der Waals surface area contributed by atoms with Crippen LogP contribution in [0, 0.1) is 6.92 Å². The average Bonchev–Trinajstić information content (AvgIpc) is 2.51. The Morgan fingerprint density at radius 3 is 2.24 bits per heavy atom. The van der Waals surface area contributed by atoms with Gasteiger partial charge in [0.1, 0.15) is 0 Å². The number of aryl methyl sites for hydroxylation is 1. The van der Waals surface area contributed by atoms with Gasteiger partial charge >= 0.3 is 0 Å². The summed E-state index contributed by atoms with van der Waals surface area (Å²) in [6.45, 7) is 5.12. The molecule has 2 aromatic rings. The molecule has 2 heteroatoms. The van der Waals surface area contributed by atoms with Crippen molar-refractivity contribution < 1.29 is 5.11 Å². The van der Waals surface area contributed by atoms with Gasteiger partial charge in [0.25, 0.3) is 0 Å². The van der Waals surface area contributed by atoms with Gasteiger partial charge in [-0.15, -0.1) is 0 Å². The molecule has 0 amide bonds. The van der Waals surface area contributed by atoms with Crippen LogP contribution in [0.15, 0.2) is 54.6 Å². The second-order valence-electron chi connectivity index (χ2n) is 5.67. The Hall–Kier alpha value is -1.64. The summed E-state index contributed by atoms with van der Waals surface area (Å²) < 4.78 is 0. The van der Waals surface area contributed by atoms with Gasteiger partial charge in [-0.3, -0.25) is 4.90 Å². The quantitative estimate of drug-likeness (QED) is 0.868. The zero-order chi connectivity index (χ0) is 15.2. The summed E-state index contributed by atoms with van der Waals surface area (Å²) in [5, 5.41) is 10.7. The van der Waals surface area contributed by atoms with Crippen LogP contribution in [0.1, 0.15) is 36.1 Å². The minimum absolute atomic E-state index is 0.118. The van der Waals surface area contributed by atoms with Crippen LogP contribution in [-0.2, 0) is 6.54 Å². The first-order valence-electron chi connectivity index (χ1n) is 7.61. The highest BCUT2D eigenvalue weighted by Gasteiger charge is 2.23. The molecule has 2 rings (SSSR count). The van der Waals surface area contributed by atoms with Gasteiger partial charge in [-0.1, -0.05) is 61.5 Å². The molecule has 0 aliphatic heterocycles. The highest BCUT2D eigenvalue weighted by atomic mass is 16.3. The molecule has 2 nitrogen and oxygen atoms in total. The number of benzene rings is 2. The topological polar surface area (TPSA) is 23.5 Å². The molecule has 0 fully saturated rings. The number of hydrogen-bond acceptors (Lipinski definition) is 2. The molecular formula is C19H25NO. The molecule has 0 aliphatic rings. The zero-order valence-corrected chi connectivity index (χ0v) is 13.2. The van der Waals surface area contributed by atoms with E-state index in [2.05, 4.69) is 50.1 Å². The predicted octanol–water partition coefficient (Wildman–Crippen LogP) is 3.94. The molecule has 0 aliphatic carbocycles. The Morgan fingerprint density at radius 2 is 1.62 bits per heavy atom. The fraction of sp³-hybridized carbons (Fsp3) is 0.368. The molecule has 0 aromatic heterocycles. The average molecular weight is 283 g/mol. The summed E-state index contributed by atoms with van der Waals surface area (Å²) in [7, 11) is 2.09. The van der Waals surface area contributed by atoms with Crippen molar-refractivity contribution in [2.45, 2.75) is 39.0 Å². The Balaban J connectivity index is 2.12. The normalized spacial score (nSPS) is 14.1. The lowest BCUT2D eigenvalue weighted by Gasteiger charge is -2.32. The molecule has 0 saturated carbocycles. The Kier molecular flexibility index (Phi) is 5.54. The lowest BCUT2D eigenvalue weighted by molar-refractivity contribution is 0.0562. The zero-order valence-electron chi connectivity index (χ0n) is 13.2. The summed E-state index contributed by atoms with van der Waals surface area (Å²) in [6, 6.07) is 18.5. The van der Waals surface area contributed by atoms with E-state index in [1.54, 1.807) is 0 Å². The molecular weight excluding hydrogens is 258 g/mol. The molecule has 0 bridgehead atoms. The van der Waals surface area contributed by atoms with E-state index < -0.39 is 6.10 Å². The summed E-state index contributed by atoms with van der Waals surface area (Å²) >= 11 is 0. The largest absolute Gasteiger partial charge is 0.387 e. The third-order valence-corrected chi connectivity index (χ3v) is 4.17. The summed E-state index contributed by atoms with van der Waals surface area (Å²) in [6.07, 6.45) is 0.462. The van der Waals surface area contributed by atoms with Gasteiger partial charge in [-0.2, -0.15) is 0 Å². The second-order valence-corrected chi connectivity index (χ2v) is 5.67. The smallest absolute Gasteiger partial charge is 0.0945 e. The number of nitrogens with zero attached hydrogens (tertiary/aromatic N) is 1. The summed E-state index contributed by atoms with van der Waals surface area (Å²) in [4.78, 5) is 2.25. The first-order valence-corrected chi connectivity index (χ1v) is 7.61. The predicted molar refractivity (Wildman–Crippen MR) is 88.1 cm³/mol. The number of likely N-dealkylation sites (N-methyl/N-ethyl adjacent to an activating group) is 1. The van der Waals surface area contributed by atoms with Gasteiger partial charge in [0.15, 0.2) is 0 Å². The summed E-state index contributed by atoms with van der Waals surface area (Å²) in [5.74, 6) is 0. The van der Waals surface area contributed by atoms with Crippen molar-refractivity contribution in [2.24, 2.45) is 0 Å². The van der Waals surface area contributed by atoms with E-state index in [-0.39, 0.29) is 6.04 Å². The van der Waals surface area contributed by atoms with Crippen molar-refractivity contribution >= 4 is 0 Å². The third kappa shape index (κ3) is 3.93. The molecule has 0 heterocycles. The Morgan fingerprint density at radius 1 is 1.00 bits per heavy atom. The van der Waals surface area contributed by atoms with E-state index >= 15 is 0 Å². The van der Waals surface area contributed by atoms with Crippen LogP contribution < -0.4 is 0 Å². The van der Waals surface area contributed by atoms with E-state index in [1.807, 2.05) is 30.3 Å². The molecule has 21 heavy (non-hydrogen) atoms. The van der Waals surface area contributed by atoms with E-state index in [0.29, 0.717) is 0 Å². The van der Waals surface area contributed by atoms with Gasteiger partial charge < -0.3 is 5.11 Å². The van der Waals surface area contributed by atoms with Crippen molar-refractivity contribution in [2.75, 3.05) is 7.05 Å². The Labute approximate surface area is 128 Å². The van der Waals surface area contributed by atoms with Crippen molar-refractivity contribution in [1.29, 1.82) is 0 Å². The van der Waals surface area contributed by atoms with Gasteiger partial charge in [0.05, 0.1) is 6.10 Å². The van der Waals surface area contributed by atoms with Crippen molar-refractivity contribution in [1.82, 2.24) is 4.90 Å². The summed E-state index contributed by atoms with van der Waals surface area (Å²) in [5.41, 5.74) is 3.60. The first kappa shape index (κ1) is 15.7. The molecule has 2 aromatic carbocycles. The molecule has 0 spiro atoms. The van der Waals surface area contributed by atoms with E-state index in [4.69, 9.17) is 0 Å². The van der Waals surface area contributed by atoms with Crippen LogP contribution in [0.25, 0.3) is 0 Å². The van der Waals surface area contributed by atoms with Crippen molar-refractivity contribution in [3.05, 3.63) is 71.3 Å². The van der Waals surface area contributed by atoms with Gasteiger partial charge in [-0.25, -0.2) is 0 Å². The van der Waals surface area contributed by atoms with E-state index in [0.717, 1.165) is 18.5 Å². The van der Waals surface area contributed by atoms with E-state index in [9.17, 15) is 5.11 Å². The van der Waals surface area contributed by atoms with Crippen LogP contribution in [0.2, 0.25) is 0 Å². The highest BCUT2D eigenvalue weighted by molar-refractivity contribution is 5.25. The SMILES string of the molecule is CCC(C(O)c1ccccc1)N(C)Cc1ccccc1C. The first-order chi connectivity index (χ1) is 10.1. The molecule has 112 valence electrons. The number of aliphatic hydroxyl groups excluding tert-OH is 1. The monoisotopic (exact) mass is 283 g/mol. The van der Waals surface area contributed by atoms with Gasteiger partial charge in [0, 0.05) is 12.6 Å². The van der Waals surface area contributed by atoms with E-state index in [1.165, 1.54) is 11.1 Å². The number of rotatable bonds is 6. The minimum Gasteiger partial charge on any atom is -0.387 e. The van der Waals surface area contributed by atoms with Crippen LogP contribution >= 0.6 is 0 Å². The number of hydrogen-bond donors (Lipinski definition) is 1. The maximum absolute atomic E-state index is 10.7. The molecule has 2 unspecified atom stereocenters. The van der Waals surface area contributed by atoms with Crippen LogP contribution in [0.5, 0.6) is 0 Å².